The van der Waals surface area contributed by atoms with Crippen molar-refractivity contribution in [3.05, 3.63) is 39.9 Å². The molecule has 0 saturated heterocycles. The predicted octanol–water partition coefficient (Wildman–Crippen LogP) is 4.04. The summed E-state index contributed by atoms with van der Waals surface area (Å²) in [7, 11) is 0. The summed E-state index contributed by atoms with van der Waals surface area (Å²) in [6, 6.07) is 5.68. The van der Waals surface area contributed by atoms with Crippen LogP contribution in [0.25, 0.3) is 16.2 Å². The lowest BCUT2D eigenvalue weighted by atomic mass is 10.1. The SMILES string of the molecule is CCOc1ccc(-c2nc3sccn3c2C=O)c(Br)c1. The molecule has 0 saturated carbocycles. The monoisotopic (exact) mass is 350 g/mol. The molecule has 0 aliphatic heterocycles. The Labute approximate surface area is 128 Å². The third kappa shape index (κ3) is 2.14. The third-order valence-corrected chi connectivity index (χ3v) is 4.33. The van der Waals surface area contributed by atoms with Crippen molar-refractivity contribution in [1.29, 1.82) is 0 Å². The molecule has 0 aliphatic carbocycles. The molecule has 0 bridgehead atoms. The summed E-state index contributed by atoms with van der Waals surface area (Å²) >= 11 is 5.02. The van der Waals surface area contributed by atoms with Gasteiger partial charge in [0.15, 0.2) is 11.2 Å². The van der Waals surface area contributed by atoms with Gasteiger partial charge in [-0.2, -0.15) is 0 Å². The molecule has 3 rings (SSSR count). The first-order valence-electron chi connectivity index (χ1n) is 6.08. The van der Waals surface area contributed by atoms with E-state index in [1.807, 2.05) is 36.7 Å². The molecule has 1 aromatic carbocycles. The van der Waals surface area contributed by atoms with Crippen molar-refractivity contribution in [1.82, 2.24) is 9.38 Å². The minimum atomic E-state index is 0.561. The van der Waals surface area contributed by atoms with Gasteiger partial charge in [-0.15, -0.1) is 11.3 Å². The fourth-order valence-electron chi connectivity index (χ4n) is 2.06. The second-order valence-electron chi connectivity index (χ2n) is 4.09. The zero-order valence-corrected chi connectivity index (χ0v) is 13.1. The number of hydrogen-bond donors (Lipinski definition) is 0. The Bertz CT molecular complexity index is 779. The van der Waals surface area contributed by atoms with Crippen LogP contribution in [0.3, 0.4) is 0 Å². The van der Waals surface area contributed by atoms with Gasteiger partial charge >= 0.3 is 0 Å². The lowest BCUT2D eigenvalue weighted by Gasteiger charge is -2.07. The quantitative estimate of drug-likeness (QED) is 0.667. The fourth-order valence-corrected chi connectivity index (χ4v) is 3.33. The van der Waals surface area contributed by atoms with E-state index in [4.69, 9.17) is 4.74 Å². The minimum absolute atomic E-state index is 0.561. The van der Waals surface area contributed by atoms with Crippen LogP contribution < -0.4 is 4.74 Å². The van der Waals surface area contributed by atoms with Crippen LogP contribution in [0.5, 0.6) is 5.75 Å². The zero-order valence-electron chi connectivity index (χ0n) is 10.7. The van der Waals surface area contributed by atoms with Crippen LogP contribution in [-0.2, 0) is 0 Å². The van der Waals surface area contributed by atoms with Gasteiger partial charge in [0, 0.05) is 21.6 Å². The normalized spacial score (nSPS) is 10.9. The maximum atomic E-state index is 11.4. The number of benzene rings is 1. The molecule has 0 amide bonds. The summed E-state index contributed by atoms with van der Waals surface area (Å²) in [5.41, 5.74) is 2.12. The van der Waals surface area contributed by atoms with Crippen molar-refractivity contribution in [2.24, 2.45) is 0 Å². The lowest BCUT2D eigenvalue weighted by Crippen LogP contribution is -1.93. The molecule has 0 aliphatic rings. The average Bonchev–Trinajstić information content (AvgIpc) is 2.99. The number of halogens is 1. The van der Waals surface area contributed by atoms with Crippen LogP contribution >= 0.6 is 27.3 Å². The number of ether oxygens (including phenoxy) is 1. The molecule has 6 heteroatoms. The van der Waals surface area contributed by atoms with Gasteiger partial charge < -0.3 is 4.74 Å². The summed E-state index contributed by atoms with van der Waals surface area (Å²) in [4.78, 5) is 16.7. The largest absolute Gasteiger partial charge is 0.494 e. The summed E-state index contributed by atoms with van der Waals surface area (Å²) in [6.45, 7) is 2.56. The number of carbonyl (C=O) groups excluding carboxylic acids is 1. The van der Waals surface area contributed by atoms with E-state index >= 15 is 0 Å². The summed E-state index contributed by atoms with van der Waals surface area (Å²) in [5, 5.41) is 1.91. The highest BCUT2D eigenvalue weighted by Crippen LogP contribution is 2.33. The highest BCUT2D eigenvalue weighted by atomic mass is 79.9. The van der Waals surface area contributed by atoms with Gasteiger partial charge in [-0.3, -0.25) is 9.20 Å². The standard InChI is InChI=1S/C14H11BrN2O2S/c1-2-19-9-3-4-10(11(15)7-9)13-12(8-18)17-5-6-20-14(17)16-13/h3-8H,2H2,1H3. The Morgan fingerprint density at radius 2 is 2.35 bits per heavy atom. The van der Waals surface area contributed by atoms with E-state index in [9.17, 15) is 4.79 Å². The molecule has 3 aromatic rings. The molecule has 20 heavy (non-hydrogen) atoms. The molecule has 0 N–H and O–H groups in total. The van der Waals surface area contributed by atoms with Crippen LogP contribution in [0.4, 0.5) is 0 Å². The number of imidazole rings is 1. The molecule has 4 nitrogen and oxygen atoms in total. The van der Waals surface area contributed by atoms with E-state index < -0.39 is 0 Å². The van der Waals surface area contributed by atoms with E-state index in [2.05, 4.69) is 20.9 Å². The van der Waals surface area contributed by atoms with Gasteiger partial charge in [0.1, 0.15) is 17.1 Å². The van der Waals surface area contributed by atoms with E-state index in [0.717, 1.165) is 27.0 Å². The second-order valence-corrected chi connectivity index (χ2v) is 5.82. The minimum Gasteiger partial charge on any atom is -0.494 e. The molecule has 2 aromatic heterocycles. The number of rotatable bonds is 4. The van der Waals surface area contributed by atoms with Crippen molar-refractivity contribution < 1.29 is 9.53 Å². The Morgan fingerprint density at radius 1 is 1.50 bits per heavy atom. The van der Waals surface area contributed by atoms with Gasteiger partial charge in [-0.05, 0) is 41.1 Å². The van der Waals surface area contributed by atoms with Crippen LogP contribution in [0.15, 0.2) is 34.2 Å². The number of thiazole rings is 1. The second kappa shape index (κ2) is 5.38. The number of aldehydes is 1. The number of aromatic nitrogens is 2. The zero-order chi connectivity index (χ0) is 14.1. The third-order valence-electron chi connectivity index (χ3n) is 2.92. The smallest absolute Gasteiger partial charge is 0.194 e. The molecule has 2 heterocycles. The van der Waals surface area contributed by atoms with Crippen LogP contribution in [0.1, 0.15) is 17.4 Å². The van der Waals surface area contributed by atoms with Gasteiger partial charge in [0.05, 0.1) is 6.61 Å². The topological polar surface area (TPSA) is 43.6 Å². The van der Waals surface area contributed by atoms with E-state index in [1.54, 1.807) is 4.40 Å². The van der Waals surface area contributed by atoms with Crippen molar-refractivity contribution in [3.63, 3.8) is 0 Å². The van der Waals surface area contributed by atoms with Crippen molar-refractivity contribution in [3.8, 4) is 17.0 Å². The average molecular weight is 351 g/mol. The molecular formula is C14H11BrN2O2S. The molecule has 0 fully saturated rings. The predicted molar refractivity (Wildman–Crippen MR) is 82.8 cm³/mol. The summed E-state index contributed by atoms with van der Waals surface area (Å²) < 4.78 is 8.12. The van der Waals surface area contributed by atoms with Gasteiger partial charge in [0.25, 0.3) is 0 Å². The van der Waals surface area contributed by atoms with Gasteiger partial charge in [-0.25, -0.2) is 4.98 Å². The molecule has 102 valence electrons. The van der Waals surface area contributed by atoms with Crippen molar-refractivity contribution >= 4 is 38.5 Å². The first-order valence-corrected chi connectivity index (χ1v) is 7.75. The Balaban J connectivity index is 2.15. The number of hydrogen-bond acceptors (Lipinski definition) is 4. The summed E-state index contributed by atoms with van der Waals surface area (Å²) in [5.74, 6) is 0.789. The number of fused-ring (bicyclic) bond motifs is 1. The molecular weight excluding hydrogens is 340 g/mol. The molecule has 0 spiro atoms. The van der Waals surface area contributed by atoms with E-state index in [1.165, 1.54) is 11.3 Å². The van der Waals surface area contributed by atoms with Crippen molar-refractivity contribution in [2.75, 3.05) is 6.61 Å². The van der Waals surface area contributed by atoms with Crippen LogP contribution in [0.2, 0.25) is 0 Å². The fraction of sp³-hybridized carbons (Fsp3) is 0.143. The molecule has 0 atom stereocenters. The maximum Gasteiger partial charge on any atom is 0.194 e. The maximum absolute atomic E-state index is 11.4. The Kier molecular flexibility index (Phi) is 3.58. The van der Waals surface area contributed by atoms with Crippen LogP contribution in [-0.4, -0.2) is 22.3 Å². The highest BCUT2D eigenvalue weighted by molar-refractivity contribution is 9.10. The first kappa shape index (κ1) is 13.3. The Hall–Kier alpha value is -1.66. The first-order chi connectivity index (χ1) is 9.74. The molecule has 0 unspecified atom stereocenters. The van der Waals surface area contributed by atoms with E-state index in [-0.39, 0.29) is 0 Å². The highest BCUT2D eigenvalue weighted by Gasteiger charge is 2.16. The molecule has 0 radical (unpaired) electrons. The number of nitrogens with zero attached hydrogens (tertiary/aromatic N) is 2. The Morgan fingerprint density at radius 3 is 3.05 bits per heavy atom. The summed E-state index contributed by atoms with van der Waals surface area (Å²) in [6.07, 6.45) is 2.69. The van der Waals surface area contributed by atoms with Crippen LogP contribution in [0, 0.1) is 0 Å². The van der Waals surface area contributed by atoms with Crippen molar-refractivity contribution in [2.45, 2.75) is 6.92 Å². The van der Waals surface area contributed by atoms with Gasteiger partial charge in [0.2, 0.25) is 0 Å². The van der Waals surface area contributed by atoms with E-state index in [0.29, 0.717) is 18.0 Å². The number of carbonyl (C=O) groups is 1. The van der Waals surface area contributed by atoms with Gasteiger partial charge in [-0.1, -0.05) is 0 Å². The lowest BCUT2D eigenvalue weighted by molar-refractivity contribution is 0.111.